The van der Waals surface area contributed by atoms with Crippen LogP contribution in [0.25, 0.3) is 5.69 Å². The molecule has 4 nitrogen and oxygen atoms in total. The van der Waals surface area contributed by atoms with E-state index in [1.54, 1.807) is 0 Å². The van der Waals surface area contributed by atoms with Gasteiger partial charge in [0.25, 0.3) is 0 Å². The van der Waals surface area contributed by atoms with Crippen molar-refractivity contribution in [2.75, 3.05) is 4.90 Å². The van der Waals surface area contributed by atoms with Crippen LogP contribution in [0.5, 0.6) is 0 Å². The first-order valence-corrected chi connectivity index (χ1v) is 12.3. The summed E-state index contributed by atoms with van der Waals surface area (Å²) >= 11 is 12.0. The van der Waals surface area contributed by atoms with Crippen molar-refractivity contribution in [1.29, 1.82) is 0 Å². The fourth-order valence-electron chi connectivity index (χ4n) is 4.92. The average Bonchev–Trinajstić information content (AvgIpc) is 3.35. The number of thiocarbonyl (C=S) groups is 1. The van der Waals surface area contributed by atoms with Crippen LogP contribution in [0.1, 0.15) is 47.2 Å². The van der Waals surface area contributed by atoms with Crippen LogP contribution in [0.15, 0.2) is 79.0 Å². The standard InChI is InChI=1S/C28H27ClN4S/c1-4-20-8-12-23(13-9-20)33-27(26(31-28(33)34)25-7-5-6-16-30-25)24-17-18(2)32(19(24)3)22-14-10-21(29)11-15-22/h5-17,26-27H,4H2,1-3H3,(H,31,34). The highest BCUT2D eigenvalue weighted by atomic mass is 35.5. The maximum absolute atomic E-state index is 6.15. The molecule has 0 bridgehead atoms. The predicted molar refractivity (Wildman–Crippen MR) is 144 cm³/mol. The monoisotopic (exact) mass is 486 g/mol. The van der Waals surface area contributed by atoms with Gasteiger partial charge >= 0.3 is 0 Å². The van der Waals surface area contributed by atoms with E-state index in [1.165, 1.54) is 16.8 Å². The van der Waals surface area contributed by atoms with Crippen LogP contribution in [0, 0.1) is 13.8 Å². The Morgan fingerprint density at radius 2 is 1.68 bits per heavy atom. The number of pyridine rings is 1. The summed E-state index contributed by atoms with van der Waals surface area (Å²) in [6.45, 7) is 6.48. The van der Waals surface area contributed by atoms with Crippen molar-refractivity contribution in [3.05, 3.63) is 112 Å². The lowest BCUT2D eigenvalue weighted by atomic mass is 9.96. The Balaban J connectivity index is 1.66. The molecule has 5 rings (SSSR count). The van der Waals surface area contributed by atoms with Crippen LogP contribution in [0.2, 0.25) is 5.02 Å². The van der Waals surface area contributed by atoms with Gasteiger partial charge < -0.3 is 14.8 Å². The van der Waals surface area contributed by atoms with Crippen molar-refractivity contribution in [3.8, 4) is 5.69 Å². The van der Waals surface area contributed by atoms with Gasteiger partial charge in [-0.25, -0.2) is 0 Å². The summed E-state index contributed by atoms with van der Waals surface area (Å²) in [6.07, 6.45) is 2.85. The van der Waals surface area contributed by atoms with Crippen LogP contribution >= 0.6 is 23.8 Å². The van der Waals surface area contributed by atoms with Gasteiger partial charge in [0, 0.05) is 34.0 Å². The van der Waals surface area contributed by atoms with Crippen LogP contribution < -0.4 is 10.2 Å². The fraction of sp³-hybridized carbons (Fsp3) is 0.214. The Hall–Kier alpha value is -3.15. The molecule has 0 spiro atoms. The molecule has 2 aromatic heterocycles. The van der Waals surface area contributed by atoms with Crippen molar-refractivity contribution in [2.45, 2.75) is 39.3 Å². The number of nitrogens with zero attached hydrogens (tertiary/aromatic N) is 3. The Morgan fingerprint density at radius 1 is 0.971 bits per heavy atom. The summed E-state index contributed by atoms with van der Waals surface area (Å²) < 4.78 is 2.28. The number of aryl methyl sites for hydroxylation is 2. The lowest BCUT2D eigenvalue weighted by molar-refractivity contribution is 0.565. The van der Waals surface area contributed by atoms with Crippen LogP contribution in [0.4, 0.5) is 5.69 Å². The first-order chi connectivity index (χ1) is 16.5. The lowest BCUT2D eigenvalue weighted by Gasteiger charge is -2.28. The number of aromatic nitrogens is 2. The van der Waals surface area contributed by atoms with Crippen molar-refractivity contribution < 1.29 is 0 Å². The molecule has 3 heterocycles. The zero-order valence-electron chi connectivity index (χ0n) is 19.5. The molecule has 0 radical (unpaired) electrons. The van der Waals surface area contributed by atoms with Crippen molar-refractivity contribution in [1.82, 2.24) is 14.9 Å². The SMILES string of the molecule is CCc1ccc(N2C(=S)NC(c3ccccn3)C2c2cc(C)n(-c3ccc(Cl)cc3)c2C)cc1. The number of benzene rings is 2. The highest BCUT2D eigenvalue weighted by Gasteiger charge is 2.42. The number of anilines is 1. The van der Waals surface area contributed by atoms with Gasteiger partial charge in [0.05, 0.1) is 17.8 Å². The van der Waals surface area contributed by atoms with Crippen molar-refractivity contribution >= 4 is 34.6 Å². The molecule has 6 heteroatoms. The summed E-state index contributed by atoms with van der Waals surface area (Å²) in [5, 5.41) is 5.01. The van der Waals surface area contributed by atoms with E-state index in [9.17, 15) is 0 Å². The molecule has 2 aromatic carbocycles. The number of nitrogens with one attached hydrogen (secondary N) is 1. The van der Waals surface area contributed by atoms with Crippen molar-refractivity contribution in [2.24, 2.45) is 0 Å². The second-order valence-electron chi connectivity index (χ2n) is 8.65. The molecular formula is C28H27ClN4S. The molecule has 0 amide bonds. The summed E-state index contributed by atoms with van der Waals surface area (Å²) in [6, 6.07) is 24.9. The second kappa shape index (κ2) is 9.24. The van der Waals surface area contributed by atoms with Crippen LogP contribution in [-0.4, -0.2) is 14.7 Å². The first kappa shape index (κ1) is 22.6. The smallest absolute Gasteiger partial charge is 0.174 e. The average molecular weight is 487 g/mol. The largest absolute Gasteiger partial charge is 0.351 e. The molecular weight excluding hydrogens is 460 g/mol. The Morgan fingerprint density at radius 3 is 2.32 bits per heavy atom. The topological polar surface area (TPSA) is 33.1 Å². The molecule has 4 aromatic rings. The maximum Gasteiger partial charge on any atom is 0.174 e. The normalized spacial score (nSPS) is 17.8. The molecule has 1 fully saturated rings. The second-order valence-corrected chi connectivity index (χ2v) is 9.48. The summed E-state index contributed by atoms with van der Waals surface area (Å²) in [7, 11) is 0. The zero-order valence-corrected chi connectivity index (χ0v) is 21.1. The molecule has 1 N–H and O–H groups in total. The van der Waals surface area contributed by atoms with Crippen molar-refractivity contribution in [3.63, 3.8) is 0 Å². The number of hydrogen-bond acceptors (Lipinski definition) is 2. The number of rotatable bonds is 5. The Labute approximate surface area is 211 Å². The third-order valence-corrected chi connectivity index (χ3v) is 7.16. The minimum atomic E-state index is -0.0706. The predicted octanol–water partition coefficient (Wildman–Crippen LogP) is 6.88. The lowest BCUT2D eigenvalue weighted by Crippen LogP contribution is -2.29. The highest BCUT2D eigenvalue weighted by Crippen LogP contribution is 2.43. The third kappa shape index (κ3) is 3.99. The van der Waals surface area contributed by atoms with Gasteiger partial charge in [-0.2, -0.15) is 0 Å². The van der Waals surface area contributed by atoms with Gasteiger partial charge in [0.1, 0.15) is 0 Å². The maximum atomic E-state index is 6.15. The van der Waals surface area contributed by atoms with E-state index < -0.39 is 0 Å². The van der Waals surface area contributed by atoms with Gasteiger partial charge in [-0.3, -0.25) is 4.98 Å². The van der Waals surface area contributed by atoms with Gasteiger partial charge in [-0.05, 0) is 98.2 Å². The summed E-state index contributed by atoms with van der Waals surface area (Å²) in [5.74, 6) is 0. The van der Waals surface area contributed by atoms with E-state index in [0.29, 0.717) is 5.11 Å². The fourth-order valence-corrected chi connectivity index (χ4v) is 5.39. The van der Waals surface area contributed by atoms with Gasteiger partial charge in [0.15, 0.2) is 5.11 Å². The number of hydrogen-bond donors (Lipinski definition) is 1. The van der Waals surface area contributed by atoms with Gasteiger partial charge in [0.2, 0.25) is 0 Å². The highest BCUT2D eigenvalue weighted by molar-refractivity contribution is 7.80. The number of halogens is 1. The summed E-state index contributed by atoms with van der Waals surface area (Å²) in [4.78, 5) is 6.92. The molecule has 2 atom stereocenters. The van der Waals surface area contributed by atoms with E-state index >= 15 is 0 Å². The summed E-state index contributed by atoms with van der Waals surface area (Å²) in [5.41, 5.74) is 8.00. The molecule has 1 saturated heterocycles. The third-order valence-electron chi connectivity index (χ3n) is 6.59. The molecule has 1 aliphatic heterocycles. The molecule has 0 aliphatic carbocycles. The Bertz CT molecular complexity index is 1310. The van der Waals surface area contributed by atoms with E-state index in [4.69, 9.17) is 23.8 Å². The van der Waals surface area contributed by atoms with Crippen LogP contribution in [-0.2, 0) is 6.42 Å². The van der Waals surface area contributed by atoms with Gasteiger partial charge in [-0.15, -0.1) is 0 Å². The van der Waals surface area contributed by atoms with E-state index in [2.05, 4.69) is 89.1 Å². The quantitative estimate of drug-likeness (QED) is 0.311. The van der Waals surface area contributed by atoms with E-state index in [0.717, 1.165) is 34.2 Å². The minimum Gasteiger partial charge on any atom is -0.351 e. The van der Waals surface area contributed by atoms with E-state index in [-0.39, 0.29) is 12.1 Å². The first-order valence-electron chi connectivity index (χ1n) is 11.5. The van der Waals surface area contributed by atoms with Crippen LogP contribution in [0.3, 0.4) is 0 Å². The molecule has 172 valence electrons. The minimum absolute atomic E-state index is 0.0397. The zero-order chi connectivity index (χ0) is 23.8. The Kier molecular flexibility index (Phi) is 6.15. The molecule has 2 unspecified atom stereocenters. The molecule has 34 heavy (non-hydrogen) atoms. The van der Waals surface area contributed by atoms with E-state index in [1.807, 2.05) is 30.5 Å². The molecule has 0 saturated carbocycles. The molecule has 1 aliphatic rings. The van der Waals surface area contributed by atoms with Gasteiger partial charge in [-0.1, -0.05) is 36.7 Å².